The highest BCUT2D eigenvalue weighted by Gasteiger charge is 2.29. The summed E-state index contributed by atoms with van der Waals surface area (Å²) in [6, 6.07) is 1.59. The molecule has 2 aromatic rings. The van der Waals surface area contributed by atoms with Crippen LogP contribution >= 0.6 is 0 Å². The van der Waals surface area contributed by atoms with Crippen LogP contribution in [0.1, 0.15) is 32.2 Å². The first kappa shape index (κ1) is 17.6. The number of aromatic nitrogens is 3. The molecule has 5 nitrogen and oxygen atoms in total. The average molecular weight is 346 g/mol. The number of rotatable bonds is 3. The van der Waals surface area contributed by atoms with Crippen molar-refractivity contribution in [3.05, 3.63) is 23.7 Å². The minimum atomic E-state index is -4.35. The summed E-state index contributed by atoms with van der Waals surface area (Å²) in [6.07, 6.45) is -1.67. The van der Waals surface area contributed by atoms with Crippen LogP contribution in [0.2, 0.25) is 0 Å². The minimum absolute atomic E-state index is 0.300. The zero-order chi connectivity index (χ0) is 17.4. The third-order valence-corrected chi connectivity index (χ3v) is 4.32. The molecule has 9 heteroatoms. The van der Waals surface area contributed by atoms with Crippen LogP contribution in [0.3, 0.4) is 0 Å². The molecule has 0 saturated heterocycles. The predicted octanol–water partition coefficient (Wildman–Crippen LogP) is 3.18. The van der Waals surface area contributed by atoms with Gasteiger partial charge in [-0.15, -0.1) is 0 Å². The fraction of sp³-hybridized carbons (Fsp3) is 0.500. The van der Waals surface area contributed by atoms with Gasteiger partial charge in [0, 0.05) is 5.39 Å². The van der Waals surface area contributed by atoms with Crippen molar-refractivity contribution in [3.63, 3.8) is 0 Å². The smallest absolute Gasteiger partial charge is 0.254 e. The number of halogens is 3. The molecule has 0 spiro atoms. The van der Waals surface area contributed by atoms with Gasteiger partial charge in [0.1, 0.15) is 17.5 Å². The van der Waals surface area contributed by atoms with Crippen LogP contribution in [0.5, 0.6) is 0 Å². The molecule has 126 valence electrons. The molecule has 0 aliphatic rings. The number of nitrogens with zero attached hydrogens (tertiary/aromatic N) is 4. The molecule has 2 rings (SSSR count). The maximum Gasteiger partial charge on any atom is 0.408 e. The van der Waals surface area contributed by atoms with E-state index in [1.165, 1.54) is 12.4 Å². The monoisotopic (exact) mass is 346 g/mol. The number of hydrogen-bond donors (Lipinski definition) is 0. The van der Waals surface area contributed by atoms with E-state index in [0.29, 0.717) is 22.3 Å². The SMILES string of the molecule is Cc1nn(CC(F)(F)F)c2cnc(C=N[S@](=O)C(C)(C)C)cc12. The molecule has 0 radical (unpaired) electrons. The van der Waals surface area contributed by atoms with Crippen molar-refractivity contribution in [2.75, 3.05) is 0 Å². The van der Waals surface area contributed by atoms with Gasteiger partial charge in [-0.25, -0.2) is 4.21 Å². The Labute approximate surface area is 134 Å². The molecular formula is C14H17F3N4OS. The van der Waals surface area contributed by atoms with E-state index in [1.54, 1.807) is 33.8 Å². The molecule has 0 N–H and O–H groups in total. The molecule has 0 aliphatic carbocycles. The summed E-state index contributed by atoms with van der Waals surface area (Å²) >= 11 is 0. The maximum atomic E-state index is 12.5. The van der Waals surface area contributed by atoms with Crippen LogP contribution in [-0.4, -0.2) is 36.1 Å². The molecule has 0 unspecified atom stereocenters. The Kier molecular flexibility index (Phi) is 4.61. The second-order valence-corrected chi connectivity index (χ2v) is 8.01. The Morgan fingerprint density at radius 1 is 1.35 bits per heavy atom. The van der Waals surface area contributed by atoms with Gasteiger partial charge in [-0.2, -0.15) is 22.7 Å². The molecular weight excluding hydrogens is 329 g/mol. The van der Waals surface area contributed by atoms with Gasteiger partial charge in [0.05, 0.1) is 34.1 Å². The Bertz CT molecular complexity index is 775. The lowest BCUT2D eigenvalue weighted by Gasteiger charge is -2.12. The highest BCUT2D eigenvalue weighted by Crippen LogP contribution is 2.23. The van der Waals surface area contributed by atoms with Crippen LogP contribution in [-0.2, 0) is 17.5 Å². The molecule has 1 atom stereocenters. The largest absolute Gasteiger partial charge is 0.408 e. The maximum absolute atomic E-state index is 12.5. The van der Waals surface area contributed by atoms with Crippen LogP contribution in [0.25, 0.3) is 10.9 Å². The van der Waals surface area contributed by atoms with Gasteiger partial charge >= 0.3 is 6.18 Å². The van der Waals surface area contributed by atoms with Gasteiger partial charge in [0.2, 0.25) is 0 Å². The second kappa shape index (κ2) is 6.03. The minimum Gasteiger partial charge on any atom is -0.254 e. The van der Waals surface area contributed by atoms with E-state index in [-0.39, 0.29) is 0 Å². The lowest BCUT2D eigenvalue weighted by atomic mass is 10.2. The average Bonchev–Trinajstić information content (AvgIpc) is 2.69. The normalized spacial score (nSPS) is 14.7. The Morgan fingerprint density at radius 3 is 2.57 bits per heavy atom. The number of hydrogen-bond acceptors (Lipinski definition) is 3. The highest BCUT2D eigenvalue weighted by molar-refractivity contribution is 7.85. The first-order chi connectivity index (χ1) is 10.5. The topological polar surface area (TPSA) is 60.1 Å². The fourth-order valence-electron chi connectivity index (χ4n) is 1.87. The Hall–Kier alpha value is -1.77. The van der Waals surface area contributed by atoms with Gasteiger partial charge < -0.3 is 0 Å². The molecule has 0 fully saturated rings. The van der Waals surface area contributed by atoms with Crippen LogP contribution in [0, 0.1) is 6.92 Å². The van der Waals surface area contributed by atoms with E-state index < -0.39 is 28.5 Å². The van der Waals surface area contributed by atoms with Crippen LogP contribution in [0.15, 0.2) is 16.7 Å². The van der Waals surface area contributed by atoms with Crippen LogP contribution < -0.4 is 0 Å². The standard InChI is InChI=1S/C14H17F3N4OS/c1-9-11-5-10(6-19-23(22)13(2,3)4)18-7-12(11)21(20-9)8-14(15,16)17/h5-7H,8H2,1-4H3/t23-/m1/s1. The highest BCUT2D eigenvalue weighted by atomic mass is 32.2. The molecule has 2 aromatic heterocycles. The lowest BCUT2D eigenvalue weighted by Crippen LogP contribution is -2.19. The second-order valence-electron chi connectivity index (χ2n) is 6.08. The van der Waals surface area contributed by atoms with Gasteiger partial charge in [0.15, 0.2) is 0 Å². The number of alkyl halides is 3. The summed E-state index contributed by atoms with van der Waals surface area (Å²) in [5.41, 5.74) is 1.19. The Morgan fingerprint density at radius 2 is 2.00 bits per heavy atom. The molecule has 2 heterocycles. The summed E-state index contributed by atoms with van der Waals surface area (Å²) in [6.45, 7) is 5.84. The third-order valence-electron chi connectivity index (χ3n) is 2.98. The number of fused-ring (bicyclic) bond motifs is 1. The van der Waals surface area contributed by atoms with E-state index in [2.05, 4.69) is 14.5 Å². The van der Waals surface area contributed by atoms with Crippen molar-refractivity contribution in [1.82, 2.24) is 14.8 Å². The molecule has 0 aromatic carbocycles. The summed E-state index contributed by atoms with van der Waals surface area (Å²) in [5, 5.41) is 4.47. The van der Waals surface area contributed by atoms with Gasteiger partial charge in [-0.1, -0.05) is 0 Å². The molecule has 0 aliphatic heterocycles. The van der Waals surface area contributed by atoms with Crippen molar-refractivity contribution in [2.24, 2.45) is 4.40 Å². The zero-order valence-electron chi connectivity index (χ0n) is 13.2. The summed E-state index contributed by atoms with van der Waals surface area (Å²) in [7, 11) is -1.43. The first-order valence-electron chi connectivity index (χ1n) is 6.83. The van der Waals surface area contributed by atoms with Gasteiger partial charge in [0.25, 0.3) is 0 Å². The van der Waals surface area contributed by atoms with E-state index in [9.17, 15) is 17.4 Å². The van der Waals surface area contributed by atoms with E-state index in [1.807, 2.05) is 0 Å². The molecule has 0 bridgehead atoms. The molecule has 23 heavy (non-hydrogen) atoms. The summed E-state index contributed by atoms with van der Waals surface area (Å²) < 4.78 is 53.8. The van der Waals surface area contributed by atoms with Crippen LogP contribution in [0.4, 0.5) is 13.2 Å². The number of pyridine rings is 1. The van der Waals surface area contributed by atoms with Crippen molar-refractivity contribution in [3.8, 4) is 0 Å². The first-order valence-corrected chi connectivity index (χ1v) is 7.94. The molecule has 0 saturated carbocycles. The quantitative estimate of drug-likeness (QED) is 0.802. The van der Waals surface area contributed by atoms with E-state index in [4.69, 9.17) is 0 Å². The van der Waals surface area contributed by atoms with Crippen molar-refractivity contribution < 1.29 is 17.4 Å². The van der Waals surface area contributed by atoms with Crippen molar-refractivity contribution in [2.45, 2.75) is 45.2 Å². The van der Waals surface area contributed by atoms with Crippen molar-refractivity contribution >= 4 is 28.1 Å². The van der Waals surface area contributed by atoms with Gasteiger partial charge in [-0.3, -0.25) is 9.67 Å². The van der Waals surface area contributed by atoms with E-state index in [0.717, 1.165) is 4.68 Å². The molecule has 0 amide bonds. The fourth-order valence-corrected chi connectivity index (χ4v) is 2.39. The van der Waals surface area contributed by atoms with Crippen molar-refractivity contribution in [1.29, 1.82) is 0 Å². The Balaban J connectivity index is 2.35. The lowest BCUT2D eigenvalue weighted by molar-refractivity contribution is -0.141. The third kappa shape index (κ3) is 4.37. The van der Waals surface area contributed by atoms with Gasteiger partial charge in [-0.05, 0) is 33.8 Å². The summed E-state index contributed by atoms with van der Waals surface area (Å²) in [4.78, 5) is 4.05. The van der Waals surface area contributed by atoms with E-state index >= 15 is 0 Å². The summed E-state index contributed by atoms with van der Waals surface area (Å²) in [5.74, 6) is 0. The predicted molar refractivity (Wildman–Crippen MR) is 83.8 cm³/mol. The number of aryl methyl sites for hydroxylation is 1. The zero-order valence-corrected chi connectivity index (χ0v) is 14.0.